The monoisotopic (exact) mass is 600 g/mol. The highest BCUT2D eigenvalue weighted by atomic mass is 32.2. The van der Waals surface area contributed by atoms with Crippen molar-refractivity contribution in [1.29, 1.82) is 0 Å². The molecule has 2 aromatic rings. The molecule has 0 aliphatic heterocycles. The van der Waals surface area contributed by atoms with E-state index in [4.69, 9.17) is 0 Å². The molecule has 4 aliphatic rings. The second-order valence-electron chi connectivity index (χ2n) is 16.3. The maximum absolute atomic E-state index is 13.2. The van der Waals surface area contributed by atoms with Crippen LogP contribution in [0.3, 0.4) is 0 Å². The molecule has 0 amide bonds. The number of aliphatic hydroxyl groups is 1. The van der Waals surface area contributed by atoms with Gasteiger partial charge in [0.15, 0.2) is 5.78 Å². The summed E-state index contributed by atoms with van der Waals surface area (Å²) in [4.78, 5) is 16.0. The average Bonchev–Trinajstić information content (AvgIpc) is 2.96. The molecule has 2 aromatic carbocycles. The van der Waals surface area contributed by atoms with Crippen LogP contribution in [0.25, 0.3) is 0 Å². The first-order valence-electron chi connectivity index (χ1n) is 17.5. The zero-order valence-electron chi connectivity index (χ0n) is 28.2. The predicted octanol–water partition coefficient (Wildman–Crippen LogP) is 10.3. The summed E-state index contributed by atoms with van der Waals surface area (Å²) >= 11 is 2.02. The molecule has 4 aliphatic carbocycles. The first-order valence-corrected chi connectivity index (χ1v) is 18.3. The lowest BCUT2D eigenvalue weighted by atomic mass is 9.49. The molecule has 2 saturated carbocycles. The second-order valence-corrected chi connectivity index (χ2v) is 17.4. The number of aryl methyl sites for hydroxylation is 2. The fourth-order valence-electron chi connectivity index (χ4n) is 10.7. The van der Waals surface area contributed by atoms with Gasteiger partial charge < -0.3 is 5.11 Å². The zero-order valence-corrected chi connectivity index (χ0v) is 29.1. The van der Waals surface area contributed by atoms with Gasteiger partial charge in [0.25, 0.3) is 0 Å². The third-order valence-electron chi connectivity index (χ3n) is 13.2. The summed E-state index contributed by atoms with van der Waals surface area (Å²) in [6.45, 7) is 18.8. The fourth-order valence-corrected chi connectivity index (χ4v) is 12.1. The van der Waals surface area contributed by atoms with Crippen LogP contribution in [0, 0.1) is 23.2 Å². The Balaban J connectivity index is 1.46. The minimum atomic E-state index is -0.435. The van der Waals surface area contributed by atoms with Gasteiger partial charge in [0.2, 0.25) is 0 Å². The van der Waals surface area contributed by atoms with E-state index in [0.717, 1.165) is 43.9 Å². The molecule has 0 spiro atoms. The Labute approximate surface area is 266 Å². The molecule has 2 nitrogen and oxygen atoms in total. The van der Waals surface area contributed by atoms with E-state index in [1.807, 2.05) is 11.8 Å². The summed E-state index contributed by atoms with van der Waals surface area (Å²) in [6.07, 6.45) is 11.8. The van der Waals surface area contributed by atoms with Crippen LogP contribution in [0.1, 0.15) is 152 Å². The SMILES string of the molecule is CC(C)c1cc2c(cc1Sc1cc3c(cc1C(C)C)CCC1C(C)(C(=O)CO)CCCC31C)C1(C)CCCC(C)C1CC2. The Hall–Kier alpha value is -1.58. The molecule has 0 bridgehead atoms. The van der Waals surface area contributed by atoms with Crippen LogP contribution in [0.2, 0.25) is 0 Å². The molecule has 43 heavy (non-hydrogen) atoms. The van der Waals surface area contributed by atoms with Gasteiger partial charge in [-0.25, -0.2) is 0 Å². The normalized spacial score (nSPS) is 33.5. The van der Waals surface area contributed by atoms with E-state index in [1.165, 1.54) is 64.1 Å². The van der Waals surface area contributed by atoms with Crippen LogP contribution < -0.4 is 0 Å². The van der Waals surface area contributed by atoms with Gasteiger partial charge in [0.1, 0.15) is 6.61 Å². The number of Topliss-reactive ketones (excluding diaryl/α,β-unsaturated/α-hetero) is 1. The number of benzene rings is 2. The number of carbonyl (C=O) groups excluding carboxylic acids is 1. The van der Waals surface area contributed by atoms with Gasteiger partial charge in [0.05, 0.1) is 0 Å². The van der Waals surface area contributed by atoms with Gasteiger partial charge in [-0.2, -0.15) is 0 Å². The van der Waals surface area contributed by atoms with Crippen LogP contribution in [0.15, 0.2) is 34.1 Å². The number of hydrogen-bond acceptors (Lipinski definition) is 3. The number of ketones is 1. The Kier molecular flexibility index (Phi) is 8.28. The summed E-state index contributed by atoms with van der Waals surface area (Å²) in [5.74, 6) is 2.86. The maximum atomic E-state index is 13.2. The molecule has 2 fully saturated rings. The summed E-state index contributed by atoms with van der Waals surface area (Å²) in [5, 5.41) is 9.93. The van der Waals surface area contributed by atoms with Crippen molar-refractivity contribution in [2.75, 3.05) is 6.61 Å². The van der Waals surface area contributed by atoms with Crippen LogP contribution in [-0.4, -0.2) is 17.5 Å². The third kappa shape index (κ3) is 4.98. The van der Waals surface area contributed by atoms with E-state index in [1.54, 1.807) is 11.1 Å². The largest absolute Gasteiger partial charge is 0.389 e. The molecule has 0 radical (unpaired) electrons. The van der Waals surface area contributed by atoms with Crippen LogP contribution in [0.5, 0.6) is 0 Å². The van der Waals surface area contributed by atoms with E-state index in [2.05, 4.69) is 79.7 Å². The Morgan fingerprint density at radius 1 is 0.814 bits per heavy atom. The standard InChI is InChI=1S/C40H56O2S/c1-24(2)29-19-27-12-14-31-26(5)11-9-16-38(31,6)32(27)21-34(29)43-35-22-33-28(20-30(35)25(3)4)13-15-36-39(33,7)17-10-18-40(36,8)37(42)23-41/h19-22,24-26,31,36,41H,9-18,23H2,1-8H3. The Morgan fingerprint density at radius 2 is 1.37 bits per heavy atom. The van der Waals surface area contributed by atoms with Crippen LogP contribution in [-0.2, 0) is 28.5 Å². The summed E-state index contributed by atoms with van der Waals surface area (Å²) in [7, 11) is 0. The highest BCUT2D eigenvalue weighted by Gasteiger charge is 2.54. The maximum Gasteiger partial charge on any atom is 0.164 e. The van der Waals surface area contributed by atoms with Crippen molar-refractivity contribution < 1.29 is 9.90 Å². The zero-order chi connectivity index (χ0) is 30.9. The van der Waals surface area contributed by atoms with Gasteiger partial charge in [-0.05, 0) is 131 Å². The fraction of sp³-hybridized carbons (Fsp3) is 0.675. The van der Waals surface area contributed by atoms with E-state index in [0.29, 0.717) is 17.3 Å². The topological polar surface area (TPSA) is 37.3 Å². The third-order valence-corrected chi connectivity index (χ3v) is 14.3. The Bertz CT molecular complexity index is 1410. The minimum Gasteiger partial charge on any atom is -0.389 e. The molecule has 6 rings (SSSR count). The lowest BCUT2D eigenvalue weighted by Crippen LogP contribution is -2.53. The molecular weight excluding hydrogens is 545 g/mol. The first-order chi connectivity index (χ1) is 20.3. The van der Waals surface area contributed by atoms with E-state index < -0.39 is 5.41 Å². The van der Waals surface area contributed by atoms with Crippen molar-refractivity contribution in [2.24, 2.45) is 23.2 Å². The average molecular weight is 601 g/mol. The molecular formula is C40H56O2S. The molecule has 1 N–H and O–H groups in total. The summed E-state index contributed by atoms with van der Waals surface area (Å²) < 4.78 is 0. The van der Waals surface area contributed by atoms with Crippen molar-refractivity contribution in [3.63, 3.8) is 0 Å². The summed E-state index contributed by atoms with van der Waals surface area (Å²) in [6, 6.07) is 10.3. The van der Waals surface area contributed by atoms with Gasteiger partial charge in [-0.15, -0.1) is 0 Å². The number of carbonyl (C=O) groups is 1. The lowest BCUT2D eigenvalue weighted by Gasteiger charge is -2.54. The van der Waals surface area contributed by atoms with Crippen molar-refractivity contribution in [3.8, 4) is 0 Å². The highest BCUT2D eigenvalue weighted by molar-refractivity contribution is 7.99. The number of aliphatic hydroxyl groups excluding tert-OH is 1. The smallest absolute Gasteiger partial charge is 0.164 e. The lowest BCUT2D eigenvalue weighted by molar-refractivity contribution is -0.139. The molecule has 6 atom stereocenters. The molecule has 234 valence electrons. The number of rotatable bonds is 6. The highest BCUT2D eigenvalue weighted by Crippen LogP contribution is 2.59. The second kappa shape index (κ2) is 11.3. The molecule has 3 heteroatoms. The molecule has 0 saturated heterocycles. The van der Waals surface area contributed by atoms with Crippen molar-refractivity contribution in [2.45, 2.75) is 152 Å². The first kappa shape index (κ1) is 31.4. The van der Waals surface area contributed by atoms with Crippen molar-refractivity contribution >= 4 is 17.5 Å². The number of fused-ring (bicyclic) bond motifs is 6. The van der Waals surface area contributed by atoms with Crippen LogP contribution >= 0.6 is 11.8 Å². The molecule has 0 heterocycles. The molecule has 6 unspecified atom stereocenters. The van der Waals surface area contributed by atoms with E-state index >= 15 is 0 Å². The molecule has 0 aromatic heterocycles. The Morgan fingerprint density at radius 3 is 1.95 bits per heavy atom. The minimum absolute atomic E-state index is 0.0358. The number of hydrogen-bond donors (Lipinski definition) is 1. The predicted molar refractivity (Wildman–Crippen MR) is 181 cm³/mol. The van der Waals surface area contributed by atoms with E-state index in [-0.39, 0.29) is 23.7 Å². The van der Waals surface area contributed by atoms with Gasteiger partial charge >= 0.3 is 0 Å². The van der Waals surface area contributed by atoms with Gasteiger partial charge in [0, 0.05) is 15.2 Å². The van der Waals surface area contributed by atoms with Crippen LogP contribution in [0.4, 0.5) is 0 Å². The van der Waals surface area contributed by atoms with Crippen molar-refractivity contribution in [3.05, 3.63) is 57.6 Å². The van der Waals surface area contributed by atoms with E-state index in [9.17, 15) is 9.90 Å². The summed E-state index contributed by atoms with van der Waals surface area (Å²) in [5.41, 5.74) is 9.02. The quantitative estimate of drug-likeness (QED) is 0.358. The van der Waals surface area contributed by atoms with Crippen molar-refractivity contribution in [1.82, 2.24) is 0 Å². The van der Waals surface area contributed by atoms with Gasteiger partial charge in [-0.3, -0.25) is 4.79 Å². The van der Waals surface area contributed by atoms with Gasteiger partial charge in [-0.1, -0.05) is 98.5 Å².